The van der Waals surface area contributed by atoms with Crippen LogP contribution in [0.15, 0.2) is 66.2 Å². The van der Waals surface area contributed by atoms with Gasteiger partial charge in [0.1, 0.15) is 5.82 Å². The molecule has 0 aliphatic rings. The molecule has 0 amide bonds. The van der Waals surface area contributed by atoms with Crippen molar-refractivity contribution in [2.24, 2.45) is 0 Å². The molecule has 0 saturated heterocycles. The Bertz CT molecular complexity index is 1200. The summed E-state index contributed by atoms with van der Waals surface area (Å²) >= 11 is 1.63. The molecule has 0 unspecified atom stereocenters. The summed E-state index contributed by atoms with van der Waals surface area (Å²) in [5.41, 5.74) is 1.75. The summed E-state index contributed by atoms with van der Waals surface area (Å²) in [6.07, 6.45) is 1.96. The molecule has 0 bridgehead atoms. The van der Waals surface area contributed by atoms with Crippen molar-refractivity contribution >= 4 is 33.7 Å². The Morgan fingerprint density at radius 2 is 1.85 bits per heavy atom. The number of rotatable bonds is 4. The zero-order valence-electron chi connectivity index (χ0n) is 13.7. The number of thiophene rings is 1. The number of aromatic nitrogens is 5. The van der Waals surface area contributed by atoms with E-state index in [1.807, 2.05) is 70.6 Å². The standard InChI is InChI=1S/C19H14N6S/c1-2-7-14-13(6-1)18(22-19(21-14)15-8-5-11-26-15)20-12-17-24-23-16-9-3-4-10-25(16)17/h1-11H,12H2,(H,20,21,22). The van der Waals surface area contributed by atoms with Crippen LogP contribution in [0.3, 0.4) is 0 Å². The van der Waals surface area contributed by atoms with Gasteiger partial charge in [0.05, 0.1) is 16.9 Å². The fourth-order valence-electron chi connectivity index (χ4n) is 2.90. The molecule has 1 N–H and O–H groups in total. The lowest BCUT2D eigenvalue weighted by Gasteiger charge is -2.09. The molecule has 126 valence electrons. The number of fused-ring (bicyclic) bond motifs is 2. The van der Waals surface area contributed by atoms with Gasteiger partial charge in [-0.15, -0.1) is 21.5 Å². The van der Waals surface area contributed by atoms with E-state index in [2.05, 4.69) is 15.5 Å². The minimum Gasteiger partial charge on any atom is -0.362 e. The van der Waals surface area contributed by atoms with E-state index < -0.39 is 0 Å². The normalized spacial score (nSPS) is 11.2. The van der Waals surface area contributed by atoms with Crippen molar-refractivity contribution < 1.29 is 0 Å². The minimum atomic E-state index is 0.524. The van der Waals surface area contributed by atoms with Crippen LogP contribution in [0.4, 0.5) is 5.82 Å². The monoisotopic (exact) mass is 358 g/mol. The average molecular weight is 358 g/mol. The first kappa shape index (κ1) is 15.0. The van der Waals surface area contributed by atoms with Crippen LogP contribution in [-0.2, 0) is 6.54 Å². The zero-order chi connectivity index (χ0) is 17.3. The summed E-state index contributed by atoms with van der Waals surface area (Å²) < 4.78 is 1.97. The summed E-state index contributed by atoms with van der Waals surface area (Å²) in [6, 6.07) is 17.9. The van der Waals surface area contributed by atoms with Gasteiger partial charge in [0.25, 0.3) is 0 Å². The number of benzene rings is 1. The van der Waals surface area contributed by atoms with Crippen molar-refractivity contribution in [1.29, 1.82) is 0 Å². The molecular formula is C19H14N6S. The number of hydrogen-bond donors (Lipinski definition) is 1. The molecule has 0 fully saturated rings. The molecule has 5 rings (SSSR count). The maximum atomic E-state index is 4.75. The summed E-state index contributed by atoms with van der Waals surface area (Å²) in [6.45, 7) is 0.524. The predicted octanol–water partition coefficient (Wildman–Crippen LogP) is 4.01. The van der Waals surface area contributed by atoms with Crippen LogP contribution in [-0.4, -0.2) is 24.6 Å². The van der Waals surface area contributed by atoms with Gasteiger partial charge in [-0.05, 0) is 35.7 Å². The maximum absolute atomic E-state index is 4.75. The molecule has 0 aliphatic carbocycles. The van der Waals surface area contributed by atoms with Crippen LogP contribution in [0.2, 0.25) is 0 Å². The summed E-state index contributed by atoms with van der Waals surface area (Å²) in [5.74, 6) is 2.36. The van der Waals surface area contributed by atoms with Crippen LogP contribution in [0.25, 0.3) is 27.3 Å². The fraction of sp³-hybridized carbons (Fsp3) is 0.0526. The van der Waals surface area contributed by atoms with E-state index in [4.69, 9.17) is 9.97 Å². The number of hydrogen-bond acceptors (Lipinski definition) is 6. The van der Waals surface area contributed by atoms with Gasteiger partial charge in [-0.3, -0.25) is 4.40 Å². The van der Waals surface area contributed by atoms with Crippen molar-refractivity contribution in [2.75, 3.05) is 5.32 Å². The maximum Gasteiger partial charge on any atom is 0.172 e. The second-order valence-electron chi connectivity index (χ2n) is 5.79. The molecule has 0 saturated carbocycles. The molecule has 4 aromatic heterocycles. The highest BCUT2D eigenvalue weighted by Crippen LogP contribution is 2.27. The highest BCUT2D eigenvalue weighted by Gasteiger charge is 2.11. The number of nitrogens with one attached hydrogen (secondary N) is 1. The van der Waals surface area contributed by atoms with Gasteiger partial charge < -0.3 is 5.32 Å². The van der Waals surface area contributed by atoms with Crippen LogP contribution in [0.1, 0.15) is 5.82 Å². The van der Waals surface area contributed by atoms with Crippen LogP contribution < -0.4 is 5.32 Å². The van der Waals surface area contributed by atoms with E-state index in [-0.39, 0.29) is 0 Å². The largest absolute Gasteiger partial charge is 0.362 e. The van der Waals surface area contributed by atoms with Crippen LogP contribution in [0, 0.1) is 0 Å². The van der Waals surface area contributed by atoms with E-state index in [1.54, 1.807) is 11.3 Å². The Hall–Kier alpha value is -3.32. The van der Waals surface area contributed by atoms with Gasteiger partial charge in [-0.25, -0.2) is 9.97 Å². The summed E-state index contributed by atoms with van der Waals surface area (Å²) in [5, 5.41) is 14.9. The van der Waals surface area contributed by atoms with Gasteiger partial charge in [-0.1, -0.05) is 24.3 Å². The van der Waals surface area contributed by atoms with Crippen molar-refractivity contribution in [2.45, 2.75) is 6.54 Å². The molecule has 0 aliphatic heterocycles. The first-order valence-electron chi connectivity index (χ1n) is 8.22. The molecule has 6 nitrogen and oxygen atoms in total. The molecule has 7 heteroatoms. The lowest BCUT2D eigenvalue weighted by Crippen LogP contribution is -2.07. The van der Waals surface area contributed by atoms with Gasteiger partial charge >= 0.3 is 0 Å². The molecule has 4 heterocycles. The molecule has 0 spiro atoms. The first-order valence-corrected chi connectivity index (χ1v) is 9.10. The second kappa shape index (κ2) is 6.20. The number of anilines is 1. The topological polar surface area (TPSA) is 68.0 Å². The van der Waals surface area contributed by atoms with E-state index in [0.717, 1.165) is 38.9 Å². The van der Waals surface area contributed by atoms with Gasteiger partial charge in [-0.2, -0.15) is 0 Å². The fourth-order valence-corrected chi connectivity index (χ4v) is 3.56. The van der Waals surface area contributed by atoms with Crippen LogP contribution in [0.5, 0.6) is 0 Å². The molecule has 0 atom stereocenters. The Kier molecular flexibility index (Phi) is 3.57. The van der Waals surface area contributed by atoms with E-state index in [0.29, 0.717) is 6.54 Å². The van der Waals surface area contributed by atoms with Crippen molar-refractivity contribution in [3.05, 3.63) is 72.0 Å². The second-order valence-corrected chi connectivity index (χ2v) is 6.74. The highest BCUT2D eigenvalue weighted by atomic mass is 32.1. The number of pyridine rings is 1. The Morgan fingerprint density at radius 1 is 0.923 bits per heavy atom. The third-order valence-corrected chi connectivity index (χ3v) is 5.01. The van der Waals surface area contributed by atoms with E-state index in [9.17, 15) is 0 Å². The SMILES string of the molecule is c1csc(-c2nc(NCc3nnc4ccccn34)c3ccccc3n2)c1. The third-order valence-electron chi connectivity index (χ3n) is 4.14. The Balaban J connectivity index is 1.55. The summed E-state index contributed by atoms with van der Waals surface area (Å²) in [4.78, 5) is 10.5. The number of para-hydroxylation sites is 1. The first-order chi connectivity index (χ1) is 12.9. The minimum absolute atomic E-state index is 0.524. The molecular weight excluding hydrogens is 344 g/mol. The average Bonchev–Trinajstić information content (AvgIpc) is 3.36. The zero-order valence-corrected chi connectivity index (χ0v) is 14.5. The summed E-state index contributed by atoms with van der Waals surface area (Å²) in [7, 11) is 0. The lowest BCUT2D eigenvalue weighted by molar-refractivity contribution is 0.913. The Labute approximate surface area is 153 Å². The molecule has 0 radical (unpaired) electrons. The lowest BCUT2D eigenvalue weighted by atomic mass is 10.2. The van der Waals surface area contributed by atoms with E-state index >= 15 is 0 Å². The predicted molar refractivity (Wildman–Crippen MR) is 103 cm³/mol. The van der Waals surface area contributed by atoms with Gasteiger partial charge in [0, 0.05) is 11.6 Å². The quantitative estimate of drug-likeness (QED) is 0.526. The van der Waals surface area contributed by atoms with E-state index in [1.165, 1.54) is 0 Å². The smallest absolute Gasteiger partial charge is 0.172 e. The van der Waals surface area contributed by atoms with Crippen molar-refractivity contribution in [3.63, 3.8) is 0 Å². The van der Waals surface area contributed by atoms with Crippen LogP contribution >= 0.6 is 11.3 Å². The highest BCUT2D eigenvalue weighted by molar-refractivity contribution is 7.13. The van der Waals surface area contributed by atoms with Gasteiger partial charge in [0.15, 0.2) is 17.3 Å². The van der Waals surface area contributed by atoms with Crippen molar-refractivity contribution in [3.8, 4) is 10.7 Å². The molecule has 1 aromatic carbocycles. The number of nitrogens with zero attached hydrogens (tertiary/aromatic N) is 5. The van der Waals surface area contributed by atoms with Gasteiger partial charge in [0.2, 0.25) is 0 Å². The van der Waals surface area contributed by atoms with Crippen molar-refractivity contribution in [1.82, 2.24) is 24.6 Å². The Morgan fingerprint density at radius 3 is 2.77 bits per heavy atom. The third kappa shape index (κ3) is 2.58. The molecule has 5 aromatic rings. The molecule has 26 heavy (non-hydrogen) atoms.